The van der Waals surface area contributed by atoms with Crippen molar-refractivity contribution >= 4 is 21.9 Å². The first-order valence-electron chi connectivity index (χ1n) is 4.50. The van der Waals surface area contributed by atoms with Gasteiger partial charge < -0.3 is 4.74 Å². The molecule has 0 unspecified atom stereocenters. The molecule has 76 valence electrons. The number of esters is 1. The zero-order chi connectivity index (χ0) is 10.7. The van der Waals surface area contributed by atoms with Crippen LogP contribution in [0.3, 0.4) is 0 Å². The first-order valence-corrected chi connectivity index (χ1v) is 5.30. The third-order valence-electron chi connectivity index (χ3n) is 2.16. The van der Waals surface area contributed by atoms with Gasteiger partial charge in [0.25, 0.3) is 0 Å². The Morgan fingerprint density at radius 2 is 2.07 bits per heavy atom. The zero-order valence-corrected chi connectivity index (χ0v) is 10.1. The maximum Gasteiger partial charge on any atom is 0.339 e. The van der Waals surface area contributed by atoms with E-state index < -0.39 is 0 Å². The van der Waals surface area contributed by atoms with Crippen LogP contribution in [0.1, 0.15) is 28.4 Å². The number of benzene rings is 1. The van der Waals surface area contributed by atoms with E-state index in [2.05, 4.69) is 15.9 Å². The lowest BCUT2D eigenvalue weighted by Crippen LogP contribution is -2.08. The standard InChI is InChI=1S/C11H13BrO2/c1-4-14-11(13)10-8(3)7(2)5-6-9(10)12/h5-6H,4H2,1-3H3. The van der Waals surface area contributed by atoms with Gasteiger partial charge in [0.05, 0.1) is 12.2 Å². The average Bonchev–Trinajstić information content (AvgIpc) is 2.13. The lowest BCUT2D eigenvalue weighted by molar-refractivity contribution is 0.0524. The number of hydrogen-bond acceptors (Lipinski definition) is 2. The molecule has 0 aliphatic carbocycles. The molecule has 0 aliphatic rings. The summed E-state index contributed by atoms with van der Waals surface area (Å²) in [5, 5.41) is 0. The number of hydrogen-bond donors (Lipinski definition) is 0. The van der Waals surface area contributed by atoms with E-state index in [0.717, 1.165) is 15.6 Å². The Balaban J connectivity index is 3.18. The van der Waals surface area contributed by atoms with E-state index in [1.165, 1.54) is 0 Å². The van der Waals surface area contributed by atoms with E-state index in [1.54, 1.807) is 6.92 Å². The second-order valence-corrected chi connectivity index (χ2v) is 3.94. The van der Waals surface area contributed by atoms with Crippen LogP contribution in [-0.4, -0.2) is 12.6 Å². The SMILES string of the molecule is CCOC(=O)c1c(Br)ccc(C)c1C. The lowest BCUT2D eigenvalue weighted by Gasteiger charge is -2.09. The van der Waals surface area contributed by atoms with Crippen molar-refractivity contribution in [2.75, 3.05) is 6.61 Å². The van der Waals surface area contributed by atoms with Crippen molar-refractivity contribution in [3.8, 4) is 0 Å². The minimum Gasteiger partial charge on any atom is -0.462 e. The highest BCUT2D eigenvalue weighted by atomic mass is 79.9. The Hall–Kier alpha value is -0.830. The zero-order valence-electron chi connectivity index (χ0n) is 8.56. The normalized spacial score (nSPS) is 10.0. The molecule has 0 spiro atoms. The van der Waals surface area contributed by atoms with Crippen LogP contribution in [0.25, 0.3) is 0 Å². The van der Waals surface area contributed by atoms with Gasteiger partial charge in [-0.15, -0.1) is 0 Å². The van der Waals surface area contributed by atoms with Gasteiger partial charge in [0.15, 0.2) is 0 Å². The largest absolute Gasteiger partial charge is 0.462 e. The molecule has 0 heterocycles. The summed E-state index contributed by atoms with van der Waals surface area (Å²) in [6.45, 7) is 6.10. The first kappa shape index (κ1) is 11.2. The van der Waals surface area contributed by atoms with Crippen LogP contribution in [0.5, 0.6) is 0 Å². The molecule has 1 aromatic rings. The van der Waals surface area contributed by atoms with Crippen LogP contribution in [0.2, 0.25) is 0 Å². The molecular weight excluding hydrogens is 244 g/mol. The van der Waals surface area contributed by atoms with Gasteiger partial charge in [-0.3, -0.25) is 0 Å². The predicted octanol–water partition coefficient (Wildman–Crippen LogP) is 3.24. The van der Waals surface area contributed by atoms with Gasteiger partial charge in [-0.1, -0.05) is 6.07 Å². The van der Waals surface area contributed by atoms with Crippen LogP contribution < -0.4 is 0 Å². The van der Waals surface area contributed by atoms with Gasteiger partial charge in [-0.05, 0) is 53.9 Å². The average molecular weight is 257 g/mol. The number of carbonyl (C=O) groups is 1. The maximum atomic E-state index is 11.6. The Kier molecular flexibility index (Phi) is 3.69. The Morgan fingerprint density at radius 1 is 1.43 bits per heavy atom. The molecule has 0 fully saturated rings. The summed E-state index contributed by atoms with van der Waals surface area (Å²) in [6, 6.07) is 3.84. The summed E-state index contributed by atoms with van der Waals surface area (Å²) in [6.07, 6.45) is 0. The Labute approximate surface area is 92.4 Å². The number of rotatable bonds is 2. The molecule has 1 rings (SSSR count). The highest BCUT2D eigenvalue weighted by Gasteiger charge is 2.15. The molecule has 0 saturated carbocycles. The highest BCUT2D eigenvalue weighted by molar-refractivity contribution is 9.10. The van der Waals surface area contributed by atoms with Crippen LogP contribution >= 0.6 is 15.9 Å². The molecule has 0 aliphatic heterocycles. The molecular formula is C11H13BrO2. The van der Waals surface area contributed by atoms with Crippen molar-refractivity contribution in [3.63, 3.8) is 0 Å². The van der Waals surface area contributed by atoms with E-state index >= 15 is 0 Å². The molecule has 2 nitrogen and oxygen atoms in total. The van der Waals surface area contributed by atoms with Crippen molar-refractivity contribution in [2.24, 2.45) is 0 Å². The van der Waals surface area contributed by atoms with Gasteiger partial charge in [0.2, 0.25) is 0 Å². The van der Waals surface area contributed by atoms with Crippen molar-refractivity contribution in [3.05, 3.63) is 33.3 Å². The quantitative estimate of drug-likeness (QED) is 0.760. The fourth-order valence-electron chi connectivity index (χ4n) is 1.24. The fraction of sp³-hybridized carbons (Fsp3) is 0.364. The summed E-state index contributed by atoms with van der Waals surface area (Å²) in [5.74, 6) is -0.263. The lowest BCUT2D eigenvalue weighted by atomic mass is 10.0. The summed E-state index contributed by atoms with van der Waals surface area (Å²) >= 11 is 3.35. The topological polar surface area (TPSA) is 26.3 Å². The van der Waals surface area contributed by atoms with Gasteiger partial charge in [-0.2, -0.15) is 0 Å². The van der Waals surface area contributed by atoms with E-state index in [9.17, 15) is 4.79 Å². The summed E-state index contributed by atoms with van der Waals surface area (Å²) in [7, 11) is 0. The summed E-state index contributed by atoms with van der Waals surface area (Å²) < 4.78 is 5.77. The van der Waals surface area contributed by atoms with Gasteiger partial charge in [0, 0.05) is 4.47 Å². The van der Waals surface area contributed by atoms with Crippen LogP contribution in [-0.2, 0) is 4.74 Å². The molecule has 0 radical (unpaired) electrons. The third kappa shape index (κ3) is 2.15. The second kappa shape index (κ2) is 4.60. The van der Waals surface area contributed by atoms with Crippen LogP contribution in [0, 0.1) is 13.8 Å². The molecule has 0 aromatic heterocycles. The van der Waals surface area contributed by atoms with Gasteiger partial charge in [0.1, 0.15) is 0 Å². The fourth-order valence-corrected chi connectivity index (χ4v) is 1.83. The highest BCUT2D eigenvalue weighted by Crippen LogP contribution is 2.23. The minimum absolute atomic E-state index is 0.263. The monoisotopic (exact) mass is 256 g/mol. The van der Waals surface area contributed by atoms with E-state index in [4.69, 9.17) is 4.74 Å². The van der Waals surface area contributed by atoms with Crippen LogP contribution in [0.4, 0.5) is 0 Å². The van der Waals surface area contributed by atoms with Crippen molar-refractivity contribution in [1.29, 1.82) is 0 Å². The number of aryl methyl sites for hydroxylation is 1. The molecule has 0 amide bonds. The third-order valence-corrected chi connectivity index (χ3v) is 2.83. The molecule has 0 N–H and O–H groups in total. The first-order chi connectivity index (χ1) is 6.57. The summed E-state index contributed by atoms with van der Waals surface area (Å²) in [5.41, 5.74) is 2.70. The van der Waals surface area contributed by atoms with E-state index in [0.29, 0.717) is 12.2 Å². The van der Waals surface area contributed by atoms with Gasteiger partial charge in [-0.25, -0.2) is 4.79 Å². The Morgan fingerprint density at radius 3 is 2.64 bits per heavy atom. The molecule has 0 bridgehead atoms. The summed E-state index contributed by atoms with van der Waals surface area (Å²) in [4.78, 5) is 11.6. The minimum atomic E-state index is -0.263. The van der Waals surface area contributed by atoms with Gasteiger partial charge >= 0.3 is 5.97 Å². The molecule has 3 heteroatoms. The van der Waals surface area contributed by atoms with E-state index in [1.807, 2.05) is 26.0 Å². The van der Waals surface area contributed by atoms with Crippen molar-refractivity contribution < 1.29 is 9.53 Å². The number of carbonyl (C=O) groups excluding carboxylic acids is 1. The van der Waals surface area contributed by atoms with Crippen LogP contribution in [0.15, 0.2) is 16.6 Å². The second-order valence-electron chi connectivity index (χ2n) is 3.08. The molecule has 1 aromatic carbocycles. The predicted molar refractivity (Wildman–Crippen MR) is 59.6 cm³/mol. The van der Waals surface area contributed by atoms with Crippen molar-refractivity contribution in [2.45, 2.75) is 20.8 Å². The number of ether oxygens (including phenoxy) is 1. The molecule has 14 heavy (non-hydrogen) atoms. The number of halogens is 1. The molecule has 0 saturated heterocycles. The molecule has 0 atom stereocenters. The maximum absolute atomic E-state index is 11.6. The van der Waals surface area contributed by atoms with Crippen molar-refractivity contribution in [1.82, 2.24) is 0 Å². The Bertz CT molecular complexity index is 359. The smallest absolute Gasteiger partial charge is 0.339 e. The van der Waals surface area contributed by atoms with E-state index in [-0.39, 0.29) is 5.97 Å².